The van der Waals surface area contributed by atoms with Crippen LogP contribution in [0.15, 0.2) is 41.8 Å². The molecule has 0 saturated carbocycles. The lowest BCUT2D eigenvalue weighted by Crippen LogP contribution is -2.14. The summed E-state index contributed by atoms with van der Waals surface area (Å²) in [4.78, 5) is 12.0. The molecule has 0 bridgehead atoms. The molecule has 6 heteroatoms. The Labute approximate surface area is 106 Å². The quantitative estimate of drug-likeness (QED) is 0.793. The predicted molar refractivity (Wildman–Crippen MR) is 62.8 cm³/mol. The molecule has 1 aliphatic heterocycles. The van der Waals surface area contributed by atoms with Crippen LogP contribution >= 0.6 is 0 Å². The molecule has 0 radical (unpaired) electrons. The van der Waals surface area contributed by atoms with Crippen LogP contribution in [0.5, 0.6) is 0 Å². The second-order valence-electron chi connectivity index (χ2n) is 4.09. The molecule has 19 heavy (non-hydrogen) atoms. The summed E-state index contributed by atoms with van der Waals surface area (Å²) in [7, 11) is 0. The Morgan fingerprint density at radius 1 is 1.11 bits per heavy atom. The van der Waals surface area contributed by atoms with Crippen molar-refractivity contribution in [1.82, 2.24) is 9.97 Å². The van der Waals surface area contributed by atoms with Gasteiger partial charge in [0.05, 0.1) is 23.5 Å². The van der Waals surface area contributed by atoms with Crippen LogP contribution in [0.25, 0.3) is 0 Å². The van der Waals surface area contributed by atoms with Gasteiger partial charge in [0, 0.05) is 29.7 Å². The van der Waals surface area contributed by atoms with E-state index in [-0.39, 0.29) is 11.3 Å². The molecule has 0 atom stereocenters. The SMILES string of the molecule is FC(F)(F)c1ccncc1C1=NCc2cccnc21. The fourth-order valence-electron chi connectivity index (χ4n) is 2.06. The summed E-state index contributed by atoms with van der Waals surface area (Å²) in [5.41, 5.74) is 0.832. The van der Waals surface area contributed by atoms with Crippen molar-refractivity contribution in [3.8, 4) is 0 Å². The van der Waals surface area contributed by atoms with Crippen LogP contribution in [0.1, 0.15) is 22.4 Å². The van der Waals surface area contributed by atoms with Gasteiger partial charge in [0.15, 0.2) is 0 Å². The first kappa shape index (κ1) is 11.8. The molecule has 2 aromatic rings. The van der Waals surface area contributed by atoms with E-state index in [0.717, 1.165) is 17.8 Å². The summed E-state index contributed by atoms with van der Waals surface area (Å²) in [6.45, 7) is 0.352. The number of rotatable bonds is 1. The molecule has 96 valence electrons. The Morgan fingerprint density at radius 2 is 1.95 bits per heavy atom. The van der Waals surface area contributed by atoms with Crippen molar-refractivity contribution in [3.05, 3.63) is 59.2 Å². The van der Waals surface area contributed by atoms with Gasteiger partial charge in [0.25, 0.3) is 0 Å². The highest BCUT2D eigenvalue weighted by Gasteiger charge is 2.35. The van der Waals surface area contributed by atoms with Crippen molar-refractivity contribution in [2.45, 2.75) is 12.7 Å². The van der Waals surface area contributed by atoms with Gasteiger partial charge < -0.3 is 0 Å². The number of aliphatic imine (C=N–C) groups is 1. The van der Waals surface area contributed by atoms with Crippen LogP contribution in [0.4, 0.5) is 13.2 Å². The molecule has 3 heterocycles. The highest BCUT2D eigenvalue weighted by Crippen LogP contribution is 2.33. The zero-order valence-electron chi connectivity index (χ0n) is 9.65. The number of alkyl halides is 3. The van der Waals surface area contributed by atoms with Crippen molar-refractivity contribution < 1.29 is 13.2 Å². The average Bonchev–Trinajstić information content (AvgIpc) is 2.81. The molecule has 0 aliphatic carbocycles. The lowest BCUT2D eigenvalue weighted by atomic mass is 10.0. The van der Waals surface area contributed by atoms with Gasteiger partial charge in [-0.05, 0) is 12.1 Å². The van der Waals surface area contributed by atoms with E-state index in [1.54, 1.807) is 12.3 Å². The lowest BCUT2D eigenvalue weighted by molar-refractivity contribution is -0.137. The number of nitrogens with zero attached hydrogens (tertiary/aromatic N) is 3. The Morgan fingerprint density at radius 3 is 2.74 bits per heavy atom. The molecule has 0 saturated heterocycles. The van der Waals surface area contributed by atoms with Gasteiger partial charge in [0.2, 0.25) is 0 Å². The van der Waals surface area contributed by atoms with E-state index in [0.29, 0.717) is 12.2 Å². The van der Waals surface area contributed by atoms with Gasteiger partial charge in [-0.1, -0.05) is 6.07 Å². The summed E-state index contributed by atoms with van der Waals surface area (Å²) in [5.74, 6) is 0. The molecule has 0 aromatic carbocycles. The van der Waals surface area contributed by atoms with E-state index < -0.39 is 11.7 Å². The van der Waals surface area contributed by atoms with E-state index in [1.807, 2.05) is 6.07 Å². The first-order chi connectivity index (χ1) is 9.07. The molecule has 0 N–H and O–H groups in total. The normalized spacial score (nSPS) is 14.2. The molecule has 1 aliphatic rings. The van der Waals surface area contributed by atoms with Crippen LogP contribution in [0, 0.1) is 0 Å². The number of hydrogen-bond donors (Lipinski definition) is 0. The van der Waals surface area contributed by atoms with Gasteiger partial charge in [0.1, 0.15) is 0 Å². The molecule has 3 nitrogen and oxygen atoms in total. The summed E-state index contributed by atoms with van der Waals surface area (Å²) >= 11 is 0. The van der Waals surface area contributed by atoms with Crippen molar-refractivity contribution in [3.63, 3.8) is 0 Å². The van der Waals surface area contributed by atoms with Crippen LogP contribution < -0.4 is 0 Å². The van der Waals surface area contributed by atoms with Gasteiger partial charge in [-0.3, -0.25) is 15.0 Å². The first-order valence-electron chi connectivity index (χ1n) is 5.57. The van der Waals surface area contributed by atoms with Crippen LogP contribution in [0.2, 0.25) is 0 Å². The predicted octanol–water partition coefficient (Wildman–Crippen LogP) is 2.85. The summed E-state index contributed by atoms with van der Waals surface area (Å²) in [6, 6.07) is 4.51. The molecular formula is C13H8F3N3. The second kappa shape index (κ2) is 4.15. The van der Waals surface area contributed by atoms with Crippen molar-refractivity contribution >= 4 is 5.71 Å². The zero-order chi connectivity index (χ0) is 13.5. The van der Waals surface area contributed by atoms with E-state index >= 15 is 0 Å². The Hall–Kier alpha value is -2.24. The Kier molecular flexibility index (Phi) is 2.58. The average molecular weight is 263 g/mol. The lowest BCUT2D eigenvalue weighted by Gasteiger charge is -2.12. The minimum Gasteiger partial charge on any atom is -0.278 e. The van der Waals surface area contributed by atoms with E-state index in [1.165, 1.54) is 6.20 Å². The standard InChI is InChI=1S/C13H8F3N3/c14-13(15,16)10-3-5-17-7-9(10)12-11-8(6-19-12)2-1-4-18-11/h1-5,7H,6H2. The number of hydrogen-bond acceptors (Lipinski definition) is 3. The third kappa shape index (κ3) is 1.99. The minimum absolute atomic E-state index is 0.0209. The number of halogens is 3. The topological polar surface area (TPSA) is 38.1 Å². The largest absolute Gasteiger partial charge is 0.417 e. The van der Waals surface area contributed by atoms with E-state index in [2.05, 4.69) is 15.0 Å². The van der Waals surface area contributed by atoms with E-state index in [4.69, 9.17) is 0 Å². The summed E-state index contributed by atoms with van der Waals surface area (Å²) in [6.07, 6.45) is -0.575. The number of pyridine rings is 2. The Balaban J connectivity index is 2.16. The zero-order valence-corrected chi connectivity index (χ0v) is 9.65. The number of fused-ring (bicyclic) bond motifs is 1. The summed E-state index contributed by atoms with van der Waals surface area (Å²) < 4.78 is 38.9. The molecule has 0 unspecified atom stereocenters. The highest BCUT2D eigenvalue weighted by atomic mass is 19.4. The second-order valence-corrected chi connectivity index (χ2v) is 4.09. The van der Waals surface area contributed by atoms with Crippen molar-refractivity contribution in [2.24, 2.45) is 4.99 Å². The van der Waals surface area contributed by atoms with Crippen LogP contribution in [-0.2, 0) is 12.7 Å². The van der Waals surface area contributed by atoms with Gasteiger partial charge in [-0.15, -0.1) is 0 Å². The molecule has 3 rings (SSSR count). The third-order valence-electron chi connectivity index (χ3n) is 2.90. The molecular weight excluding hydrogens is 255 g/mol. The van der Waals surface area contributed by atoms with Crippen molar-refractivity contribution in [2.75, 3.05) is 0 Å². The Bertz CT molecular complexity index is 662. The third-order valence-corrected chi connectivity index (χ3v) is 2.90. The smallest absolute Gasteiger partial charge is 0.278 e. The van der Waals surface area contributed by atoms with Gasteiger partial charge >= 0.3 is 6.18 Å². The number of aromatic nitrogens is 2. The maximum Gasteiger partial charge on any atom is 0.417 e. The molecule has 0 amide bonds. The van der Waals surface area contributed by atoms with Crippen molar-refractivity contribution in [1.29, 1.82) is 0 Å². The van der Waals surface area contributed by atoms with Gasteiger partial charge in [-0.2, -0.15) is 13.2 Å². The van der Waals surface area contributed by atoms with Crippen LogP contribution in [0.3, 0.4) is 0 Å². The molecule has 2 aromatic heterocycles. The fraction of sp³-hybridized carbons (Fsp3) is 0.154. The van der Waals surface area contributed by atoms with Crippen LogP contribution in [-0.4, -0.2) is 15.7 Å². The van der Waals surface area contributed by atoms with Gasteiger partial charge in [-0.25, -0.2) is 0 Å². The molecule has 0 fully saturated rings. The maximum atomic E-state index is 13.0. The fourth-order valence-corrected chi connectivity index (χ4v) is 2.06. The molecule has 0 spiro atoms. The van der Waals surface area contributed by atoms with E-state index in [9.17, 15) is 13.2 Å². The first-order valence-corrected chi connectivity index (χ1v) is 5.57. The maximum absolute atomic E-state index is 13.0. The monoisotopic (exact) mass is 263 g/mol. The summed E-state index contributed by atoms with van der Waals surface area (Å²) in [5, 5.41) is 0. The minimum atomic E-state index is -4.43. The highest BCUT2D eigenvalue weighted by molar-refractivity contribution is 6.14.